The Hall–Kier alpha value is -1.75. The molecule has 1 aromatic carbocycles. The summed E-state index contributed by atoms with van der Waals surface area (Å²) in [5.41, 5.74) is 1.63. The van der Waals surface area contributed by atoms with Crippen molar-refractivity contribution in [1.29, 1.82) is 0 Å². The van der Waals surface area contributed by atoms with Crippen molar-refractivity contribution in [2.24, 2.45) is 0 Å². The standard InChI is InChI=1S/C12H12N2O2S/c1-8-12(17-14-13-8)11(15)7-9-4-3-5-10(6-9)16-2/h3-6H,7H2,1-2H3. The maximum atomic E-state index is 12.0. The summed E-state index contributed by atoms with van der Waals surface area (Å²) in [6.07, 6.45) is 0.349. The predicted octanol–water partition coefficient (Wildman–Crippen LogP) is 2.28. The highest BCUT2D eigenvalue weighted by molar-refractivity contribution is 7.08. The number of ether oxygens (including phenoxy) is 1. The van der Waals surface area contributed by atoms with Crippen LogP contribution in [0.3, 0.4) is 0 Å². The Balaban J connectivity index is 2.16. The first-order valence-electron chi connectivity index (χ1n) is 5.16. The molecule has 4 nitrogen and oxygen atoms in total. The summed E-state index contributed by atoms with van der Waals surface area (Å²) in [6, 6.07) is 7.50. The normalized spacial score (nSPS) is 10.2. The quantitative estimate of drug-likeness (QED) is 0.779. The van der Waals surface area contributed by atoms with Gasteiger partial charge in [-0.15, -0.1) is 5.10 Å². The van der Waals surface area contributed by atoms with Gasteiger partial charge in [0.05, 0.1) is 12.8 Å². The zero-order chi connectivity index (χ0) is 12.3. The van der Waals surface area contributed by atoms with E-state index < -0.39 is 0 Å². The van der Waals surface area contributed by atoms with Crippen molar-refractivity contribution >= 4 is 17.3 Å². The molecule has 0 aliphatic rings. The molecule has 1 aromatic heterocycles. The van der Waals surface area contributed by atoms with E-state index in [4.69, 9.17) is 4.74 Å². The van der Waals surface area contributed by atoms with E-state index in [9.17, 15) is 4.79 Å². The first kappa shape index (κ1) is 11.7. The van der Waals surface area contributed by atoms with E-state index in [1.54, 1.807) is 14.0 Å². The molecule has 2 rings (SSSR count). The van der Waals surface area contributed by atoms with Crippen molar-refractivity contribution in [2.45, 2.75) is 13.3 Å². The van der Waals surface area contributed by atoms with E-state index in [-0.39, 0.29) is 5.78 Å². The summed E-state index contributed by atoms with van der Waals surface area (Å²) in [5, 5.41) is 3.84. The molecule has 2 aromatic rings. The number of hydrogen-bond donors (Lipinski definition) is 0. The molecular formula is C12H12N2O2S. The average molecular weight is 248 g/mol. The minimum absolute atomic E-state index is 0.0470. The molecule has 0 saturated carbocycles. The molecule has 0 aliphatic carbocycles. The van der Waals surface area contributed by atoms with E-state index in [1.165, 1.54) is 0 Å². The van der Waals surface area contributed by atoms with E-state index >= 15 is 0 Å². The molecular weight excluding hydrogens is 236 g/mol. The summed E-state index contributed by atoms with van der Waals surface area (Å²) in [7, 11) is 1.61. The molecule has 17 heavy (non-hydrogen) atoms. The van der Waals surface area contributed by atoms with Crippen LogP contribution in [0.5, 0.6) is 5.75 Å². The molecule has 5 heteroatoms. The fourth-order valence-electron chi connectivity index (χ4n) is 1.53. The van der Waals surface area contributed by atoms with Gasteiger partial charge in [-0.1, -0.05) is 16.6 Å². The van der Waals surface area contributed by atoms with Crippen molar-refractivity contribution in [3.8, 4) is 5.75 Å². The smallest absolute Gasteiger partial charge is 0.180 e. The molecule has 0 aliphatic heterocycles. The molecule has 0 unspecified atom stereocenters. The van der Waals surface area contributed by atoms with Gasteiger partial charge in [0.2, 0.25) is 0 Å². The predicted molar refractivity (Wildman–Crippen MR) is 65.7 cm³/mol. The molecule has 0 atom stereocenters. The lowest BCUT2D eigenvalue weighted by atomic mass is 10.1. The van der Waals surface area contributed by atoms with Crippen molar-refractivity contribution < 1.29 is 9.53 Å². The third kappa shape index (κ3) is 2.68. The minimum atomic E-state index is 0.0470. The fourth-order valence-corrected chi connectivity index (χ4v) is 2.13. The number of Topliss-reactive ketones (excluding diaryl/α,β-unsaturated/α-hetero) is 1. The van der Waals surface area contributed by atoms with Crippen LogP contribution in [0.15, 0.2) is 24.3 Å². The van der Waals surface area contributed by atoms with Crippen LogP contribution in [-0.2, 0) is 6.42 Å². The number of ketones is 1. The lowest BCUT2D eigenvalue weighted by molar-refractivity contribution is 0.0996. The third-order valence-corrected chi connectivity index (χ3v) is 3.27. The van der Waals surface area contributed by atoms with Crippen LogP contribution >= 0.6 is 11.5 Å². The van der Waals surface area contributed by atoms with Crippen LogP contribution in [0.2, 0.25) is 0 Å². The van der Waals surface area contributed by atoms with Gasteiger partial charge in [0.25, 0.3) is 0 Å². The second-order valence-corrected chi connectivity index (χ2v) is 4.39. The summed E-state index contributed by atoms with van der Waals surface area (Å²) in [6.45, 7) is 1.79. The van der Waals surface area contributed by atoms with E-state index in [0.717, 1.165) is 22.8 Å². The number of benzene rings is 1. The third-order valence-electron chi connectivity index (χ3n) is 2.40. The van der Waals surface area contributed by atoms with Crippen molar-refractivity contribution in [1.82, 2.24) is 9.59 Å². The highest BCUT2D eigenvalue weighted by Crippen LogP contribution is 2.17. The maximum absolute atomic E-state index is 12.0. The molecule has 88 valence electrons. The molecule has 0 amide bonds. The molecule has 0 spiro atoms. The Labute approximate surface area is 103 Å². The second-order valence-electron chi connectivity index (χ2n) is 3.64. The van der Waals surface area contributed by atoms with Crippen LogP contribution in [-0.4, -0.2) is 22.5 Å². The highest BCUT2D eigenvalue weighted by atomic mass is 32.1. The summed E-state index contributed by atoms with van der Waals surface area (Å²) in [4.78, 5) is 12.6. The lowest BCUT2D eigenvalue weighted by Crippen LogP contribution is -2.03. The van der Waals surface area contributed by atoms with Gasteiger partial charge < -0.3 is 4.74 Å². The monoisotopic (exact) mass is 248 g/mol. The number of aryl methyl sites for hydroxylation is 1. The maximum Gasteiger partial charge on any atom is 0.180 e. The lowest BCUT2D eigenvalue weighted by Gasteiger charge is -2.03. The van der Waals surface area contributed by atoms with Gasteiger partial charge in [0.15, 0.2) is 5.78 Å². The highest BCUT2D eigenvalue weighted by Gasteiger charge is 2.13. The number of methoxy groups -OCH3 is 1. The molecule has 0 radical (unpaired) electrons. The van der Waals surface area contributed by atoms with Gasteiger partial charge in [0.1, 0.15) is 10.6 Å². The number of carbonyl (C=O) groups is 1. The van der Waals surface area contributed by atoms with E-state index in [1.807, 2.05) is 24.3 Å². The van der Waals surface area contributed by atoms with Gasteiger partial charge in [0, 0.05) is 6.42 Å². The van der Waals surface area contributed by atoms with Crippen LogP contribution in [0.25, 0.3) is 0 Å². The number of hydrogen-bond acceptors (Lipinski definition) is 5. The number of rotatable bonds is 4. The first-order valence-corrected chi connectivity index (χ1v) is 5.93. The van der Waals surface area contributed by atoms with Crippen molar-refractivity contribution in [3.05, 3.63) is 40.4 Å². The largest absolute Gasteiger partial charge is 0.497 e. The van der Waals surface area contributed by atoms with Gasteiger partial charge in [-0.25, -0.2) is 0 Å². The molecule has 1 heterocycles. The zero-order valence-corrected chi connectivity index (χ0v) is 10.5. The number of carbonyl (C=O) groups excluding carboxylic acids is 1. The van der Waals surface area contributed by atoms with Gasteiger partial charge in [-0.2, -0.15) is 0 Å². The molecule has 0 fully saturated rings. The molecule has 0 N–H and O–H groups in total. The van der Waals surface area contributed by atoms with Crippen LogP contribution in [0, 0.1) is 6.92 Å². The Bertz CT molecular complexity index is 537. The summed E-state index contributed by atoms with van der Waals surface area (Å²) >= 11 is 1.14. The Kier molecular flexibility index (Phi) is 3.49. The molecule has 0 bridgehead atoms. The zero-order valence-electron chi connectivity index (χ0n) is 9.64. The number of nitrogens with zero attached hydrogens (tertiary/aromatic N) is 2. The summed E-state index contributed by atoms with van der Waals surface area (Å²) in [5.74, 6) is 0.806. The van der Waals surface area contributed by atoms with Gasteiger partial charge >= 0.3 is 0 Å². The Morgan fingerprint density at radius 3 is 2.94 bits per heavy atom. The van der Waals surface area contributed by atoms with Gasteiger partial charge in [-0.05, 0) is 36.2 Å². The van der Waals surface area contributed by atoms with Gasteiger partial charge in [-0.3, -0.25) is 4.79 Å². The average Bonchev–Trinajstić information content (AvgIpc) is 2.76. The Morgan fingerprint density at radius 1 is 1.47 bits per heavy atom. The topological polar surface area (TPSA) is 52.1 Å². The van der Waals surface area contributed by atoms with E-state index in [0.29, 0.717) is 17.0 Å². The first-order chi connectivity index (χ1) is 8.20. The SMILES string of the molecule is COc1cccc(CC(=O)c2snnc2C)c1. The fraction of sp³-hybridized carbons (Fsp3) is 0.250. The van der Waals surface area contributed by atoms with Crippen LogP contribution in [0.4, 0.5) is 0 Å². The second kappa shape index (κ2) is 5.05. The van der Waals surface area contributed by atoms with Crippen LogP contribution < -0.4 is 4.74 Å². The van der Waals surface area contributed by atoms with E-state index in [2.05, 4.69) is 9.59 Å². The Morgan fingerprint density at radius 2 is 2.29 bits per heavy atom. The number of aromatic nitrogens is 2. The van der Waals surface area contributed by atoms with Crippen LogP contribution in [0.1, 0.15) is 20.9 Å². The summed E-state index contributed by atoms with van der Waals surface area (Å²) < 4.78 is 8.88. The van der Waals surface area contributed by atoms with Crippen molar-refractivity contribution in [2.75, 3.05) is 7.11 Å². The van der Waals surface area contributed by atoms with Crippen molar-refractivity contribution in [3.63, 3.8) is 0 Å². The minimum Gasteiger partial charge on any atom is -0.497 e. The molecule has 0 saturated heterocycles.